The summed E-state index contributed by atoms with van der Waals surface area (Å²) in [5, 5.41) is 19.6. The van der Waals surface area contributed by atoms with Gasteiger partial charge in [0.2, 0.25) is 5.95 Å². The molecule has 5 N–H and O–H groups in total. The minimum Gasteiger partial charge on any atom is -0.394 e. The minimum absolute atomic E-state index is 0.0137. The number of nitrogen functional groups attached to an aromatic ring is 1. The number of nitrogens with one attached hydrogen (secondary N) is 2. The number of benzene rings is 1. The van der Waals surface area contributed by atoms with E-state index in [0.29, 0.717) is 25.6 Å². The number of aromatic amines is 1. The third-order valence-electron chi connectivity index (χ3n) is 3.30. The van der Waals surface area contributed by atoms with Crippen LogP contribution in [-0.2, 0) is 4.74 Å². The zero-order valence-electron chi connectivity index (χ0n) is 12.5. The molecule has 0 spiro atoms. The number of H-pyrrole nitrogens is 1. The van der Waals surface area contributed by atoms with Crippen molar-refractivity contribution >= 4 is 22.7 Å². The van der Waals surface area contributed by atoms with Gasteiger partial charge in [0.15, 0.2) is 0 Å². The van der Waals surface area contributed by atoms with E-state index in [9.17, 15) is 0 Å². The van der Waals surface area contributed by atoms with Gasteiger partial charge < -0.3 is 20.9 Å². The van der Waals surface area contributed by atoms with Crippen molar-refractivity contribution in [1.29, 1.82) is 0 Å². The Morgan fingerprint density at radius 2 is 2.13 bits per heavy atom. The van der Waals surface area contributed by atoms with E-state index < -0.39 is 0 Å². The summed E-state index contributed by atoms with van der Waals surface area (Å²) in [5.41, 5.74) is 8.44. The number of hydrogen-bond donors (Lipinski definition) is 4. The van der Waals surface area contributed by atoms with Gasteiger partial charge in [0, 0.05) is 23.7 Å². The molecule has 3 rings (SSSR count). The van der Waals surface area contributed by atoms with Crippen LogP contribution in [0.4, 0.5) is 11.8 Å². The smallest absolute Gasteiger partial charge is 0.222 e. The van der Waals surface area contributed by atoms with E-state index in [1.807, 2.05) is 24.3 Å². The van der Waals surface area contributed by atoms with Crippen LogP contribution >= 0.6 is 0 Å². The van der Waals surface area contributed by atoms with Crippen molar-refractivity contribution in [2.45, 2.75) is 0 Å². The number of nitrogens with zero attached hydrogens (tertiary/aromatic N) is 3. The Morgan fingerprint density at radius 3 is 2.91 bits per heavy atom. The number of nitrogens with two attached hydrogens (primary N) is 1. The Hall–Kier alpha value is -2.71. The largest absolute Gasteiger partial charge is 0.394 e. The van der Waals surface area contributed by atoms with Crippen molar-refractivity contribution in [3.05, 3.63) is 30.5 Å². The van der Waals surface area contributed by atoms with Crippen molar-refractivity contribution in [2.24, 2.45) is 0 Å². The van der Waals surface area contributed by atoms with Gasteiger partial charge in [-0.2, -0.15) is 10.1 Å². The molecule has 3 aromatic rings. The van der Waals surface area contributed by atoms with Crippen LogP contribution in [0.25, 0.3) is 22.2 Å². The molecular weight excluding hydrogens is 296 g/mol. The van der Waals surface area contributed by atoms with E-state index in [0.717, 1.165) is 22.2 Å². The lowest BCUT2D eigenvalue weighted by molar-refractivity contribution is 0.0992. The fraction of sp³-hybridized carbons (Fsp3) is 0.267. The third kappa shape index (κ3) is 3.55. The number of aromatic nitrogens is 4. The summed E-state index contributed by atoms with van der Waals surface area (Å²) in [4.78, 5) is 8.53. The summed E-state index contributed by atoms with van der Waals surface area (Å²) < 4.78 is 5.22. The SMILES string of the molecule is Nc1nc(NCCOCCO)c2ccc(-c3ccn[nH]3)cc2n1. The molecule has 0 saturated carbocycles. The number of fused-ring (bicyclic) bond motifs is 1. The van der Waals surface area contributed by atoms with Gasteiger partial charge in [0.1, 0.15) is 5.82 Å². The summed E-state index contributed by atoms with van der Waals surface area (Å²) in [5.74, 6) is 0.870. The van der Waals surface area contributed by atoms with Crippen molar-refractivity contribution < 1.29 is 9.84 Å². The standard InChI is InChI=1S/C15H18N6O2/c16-15-19-13-9-10(12-3-4-18-21-12)1-2-11(13)14(20-15)17-5-7-23-8-6-22/h1-4,9,22H,5-8H2,(H,18,21)(H3,16,17,19,20). The second-order valence-corrected chi connectivity index (χ2v) is 4.90. The highest BCUT2D eigenvalue weighted by molar-refractivity contribution is 5.92. The summed E-state index contributed by atoms with van der Waals surface area (Å²) >= 11 is 0. The molecule has 0 aliphatic rings. The van der Waals surface area contributed by atoms with Crippen molar-refractivity contribution in [3.8, 4) is 11.3 Å². The van der Waals surface area contributed by atoms with E-state index in [1.54, 1.807) is 6.20 Å². The predicted molar refractivity (Wildman–Crippen MR) is 87.9 cm³/mol. The fourth-order valence-corrected chi connectivity index (χ4v) is 2.27. The molecule has 2 aromatic heterocycles. The maximum Gasteiger partial charge on any atom is 0.222 e. The van der Waals surface area contributed by atoms with Gasteiger partial charge in [-0.05, 0) is 18.2 Å². The van der Waals surface area contributed by atoms with Crippen LogP contribution in [0, 0.1) is 0 Å². The van der Waals surface area contributed by atoms with Gasteiger partial charge in [0.25, 0.3) is 0 Å². The first-order valence-corrected chi connectivity index (χ1v) is 7.27. The zero-order valence-corrected chi connectivity index (χ0v) is 12.5. The highest BCUT2D eigenvalue weighted by atomic mass is 16.5. The Bertz CT molecular complexity index is 775. The Kier molecular flexibility index (Phi) is 4.65. The number of anilines is 2. The molecule has 0 atom stereocenters. The van der Waals surface area contributed by atoms with E-state index >= 15 is 0 Å². The Morgan fingerprint density at radius 1 is 1.22 bits per heavy atom. The van der Waals surface area contributed by atoms with Crippen LogP contribution in [0.1, 0.15) is 0 Å². The highest BCUT2D eigenvalue weighted by Crippen LogP contribution is 2.26. The summed E-state index contributed by atoms with van der Waals surface area (Å²) in [7, 11) is 0. The average molecular weight is 314 g/mol. The number of aliphatic hydroxyl groups is 1. The first-order chi connectivity index (χ1) is 11.3. The molecule has 23 heavy (non-hydrogen) atoms. The van der Waals surface area contributed by atoms with Gasteiger partial charge >= 0.3 is 0 Å². The quantitative estimate of drug-likeness (QED) is 0.480. The lowest BCUT2D eigenvalue weighted by atomic mass is 10.1. The summed E-state index contributed by atoms with van der Waals surface area (Å²) in [6, 6.07) is 7.75. The van der Waals surface area contributed by atoms with Crippen LogP contribution in [0.5, 0.6) is 0 Å². The molecule has 0 aliphatic heterocycles. The lowest BCUT2D eigenvalue weighted by Crippen LogP contribution is -2.13. The van der Waals surface area contributed by atoms with E-state index in [4.69, 9.17) is 15.6 Å². The molecule has 1 aromatic carbocycles. The fourth-order valence-electron chi connectivity index (χ4n) is 2.27. The molecule has 8 nitrogen and oxygen atoms in total. The molecule has 0 bridgehead atoms. The molecule has 0 fully saturated rings. The van der Waals surface area contributed by atoms with Crippen molar-refractivity contribution in [2.75, 3.05) is 37.4 Å². The van der Waals surface area contributed by atoms with Gasteiger partial charge in [-0.1, -0.05) is 6.07 Å². The van der Waals surface area contributed by atoms with Crippen molar-refractivity contribution in [3.63, 3.8) is 0 Å². The number of aliphatic hydroxyl groups excluding tert-OH is 1. The lowest BCUT2D eigenvalue weighted by Gasteiger charge is -2.10. The number of ether oxygens (including phenoxy) is 1. The number of hydrogen-bond acceptors (Lipinski definition) is 7. The topological polar surface area (TPSA) is 122 Å². The Labute approximate surface area is 132 Å². The minimum atomic E-state index is 0.0137. The molecule has 0 amide bonds. The maximum atomic E-state index is 8.68. The average Bonchev–Trinajstić information content (AvgIpc) is 3.08. The van der Waals surface area contributed by atoms with Crippen LogP contribution in [0.2, 0.25) is 0 Å². The molecule has 0 aliphatic carbocycles. The van der Waals surface area contributed by atoms with Crippen LogP contribution < -0.4 is 11.1 Å². The molecular formula is C15H18N6O2. The maximum absolute atomic E-state index is 8.68. The second-order valence-electron chi connectivity index (χ2n) is 4.90. The zero-order chi connectivity index (χ0) is 16.1. The molecule has 0 unspecified atom stereocenters. The van der Waals surface area contributed by atoms with E-state index in [-0.39, 0.29) is 12.6 Å². The molecule has 0 saturated heterocycles. The predicted octanol–water partition coefficient (Wildman–Crippen LogP) is 1.02. The van der Waals surface area contributed by atoms with Gasteiger partial charge in [-0.3, -0.25) is 5.10 Å². The van der Waals surface area contributed by atoms with Crippen molar-refractivity contribution in [1.82, 2.24) is 20.2 Å². The van der Waals surface area contributed by atoms with E-state index in [2.05, 4.69) is 25.5 Å². The van der Waals surface area contributed by atoms with Gasteiger partial charge in [-0.25, -0.2) is 4.98 Å². The molecule has 2 heterocycles. The first kappa shape index (κ1) is 15.2. The van der Waals surface area contributed by atoms with Crippen LogP contribution in [0.3, 0.4) is 0 Å². The Balaban J connectivity index is 1.84. The van der Waals surface area contributed by atoms with Gasteiger partial charge in [-0.15, -0.1) is 0 Å². The monoisotopic (exact) mass is 314 g/mol. The summed E-state index contributed by atoms with van der Waals surface area (Å²) in [6.45, 7) is 1.37. The van der Waals surface area contributed by atoms with Crippen LogP contribution in [0.15, 0.2) is 30.5 Å². The summed E-state index contributed by atoms with van der Waals surface area (Å²) in [6.07, 6.45) is 1.70. The third-order valence-corrected chi connectivity index (χ3v) is 3.30. The number of rotatable bonds is 7. The highest BCUT2D eigenvalue weighted by Gasteiger charge is 2.08. The molecule has 8 heteroatoms. The first-order valence-electron chi connectivity index (χ1n) is 7.27. The van der Waals surface area contributed by atoms with E-state index in [1.165, 1.54) is 0 Å². The molecule has 120 valence electrons. The molecule has 0 radical (unpaired) electrons. The van der Waals surface area contributed by atoms with Crippen LogP contribution in [-0.4, -0.2) is 51.6 Å². The van der Waals surface area contributed by atoms with Gasteiger partial charge in [0.05, 0.1) is 31.0 Å². The normalized spacial score (nSPS) is 11.0. The second kappa shape index (κ2) is 7.03.